The van der Waals surface area contributed by atoms with Gasteiger partial charge in [0.1, 0.15) is 11.4 Å². The van der Waals surface area contributed by atoms with Crippen molar-refractivity contribution in [2.45, 2.75) is 0 Å². The molecule has 1 heterocycles. The van der Waals surface area contributed by atoms with E-state index in [1.165, 1.54) is 6.07 Å². The number of nitrogen functional groups attached to an aromatic ring is 1. The molecule has 0 saturated carbocycles. The molecule has 3 N–H and O–H groups in total. The average molecular weight is 291 g/mol. The standard InChI is InChI=1S/C9H5BrF2N2O2/c10-3-1-4(11)8(12)7(9(3)15)5-2-6(13)16-14-5/h1-2,15H,13H2. The van der Waals surface area contributed by atoms with Crippen molar-refractivity contribution in [2.75, 3.05) is 5.73 Å². The zero-order valence-corrected chi connectivity index (χ0v) is 9.25. The summed E-state index contributed by atoms with van der Waals surface area (Å²) in [6, 6.07) is 2.00. The van der Waals surface area contributed by atoms with Crippen LogP contribution in [0.15, 0.2) is 21.1 Å². The number of hydrogen-bond donors (Lipinski definition) is 2. The van der Waals surface area contributed by atoms with Gasteiger partial charge < -0.3 is 15.4 Å². The summed E-state index contributed by atoms with van der Waals surface area (Å²) in [7, 11) is 0. The number of benzene rings is 1. The molecule has 0 unspecified atom stereocenters. The lowest BCUT2D eigenvalue weighted by Gasteiger charge is -2.05. The number of halogens is 3. The predicted octanol–water partition coefficient (Wildman–Crippen LogP) is 2.67. The lowest BCUT2D eigenvalue weighted by molar-refractivity contribution is 0.432. The third-order valence-electron chi connectivity index (χ3n) is 1.93. The van der Waals surface area contributed by atoms with E-state index in [0.717, 1.165) is 6.07 Å². The van der Waals surface area contributed by atoms with Crippen molar-refractivity contribution in [1.29, 1.82) is 0 Å². The number of aromatic nitrogens is 1. The fourth-order valence-electron chi connectivity index (χ4n) is 1.23. The van der Waals surface area contributed by atoms with E-state index < -0.39 is 22.9 Å². The molecule has 0 amide bonds. The van der Waals surface area contributed by atoms with Crippen LogP contribution in [-0.4, -0.2) is 10.3 Å². The Hall–Kier alpha value is -1.63. The van der Waals surface area contributed by atoms with Crippen molar-refractivity contribution in [2.24, 2.45) is 0 Å². The van der Waals surface area contributed by atoms with Crippen LogP contribution in [-0.2, 0) is 0 Å². The lowest BCUT2D eigenvalue weighted by atomic mass is 10.1. The van der Waals surface area contributed by atoms with Crippen LogP contribution in [0.1, 0.15) is 0 Å². The Kier molecular flexibility index (Phi) is 2.55. The molecular formula is C9H5BrF2N2O2. The van der Waals surface area contributed by atoms with E-state index in [2.05, 4.69) is 25.6 Å². The predicted molar refractivity (Wildman–Crippen MR) is 55.6 cm³/mol. The number of nitrogens with zero attached hydrogens (tertiary/aromatic N) is 1. The minimum absolute atomic E-state index is 0.0166. The summed E-state index contributed by atoms with van der Waals surface area (Å²) in [4.78, 5) is 0. The van der Waals surface area contributed by atoms with Gasteiger partial charge in [0.15, 0.2) is 11.6 Å². The van der Waals surface area contributed by atoms with E-state index in [9.17, 15) is 13.9 Å². The summed E-state index contributed by atoms with van der Waals surface area (Å²) in [5, 5.41) is 13.0. The number of aromatic hydroxyl groups is 1. The van der Waals surface area contributed by atoms with E-state index >= 15 is 0 Å². The summed E-state index contributed by atoms with van der Waals surface area (Å²) >= 11 is 2.89. The van der Waals surface area contributed by atoms with Gasteiger partial charge in [0.25, 0.3) is 0 Å². The van der Waals surface area contributed by atoms with Gasteiger partial charge in [-0.15, -0.1) is 0 Å². The molecule has 0 spiro atoms. The molecule has 1 aromatic carbocycles. The normalized spacial score (nSPS) is 10.7. The topological polar surface area (TPSA) is 72.3 Å². The van der Waals surface area contributed by atoms with Crippen molar-refractivity contribution in [3.05, 3.63) is 28.2 Å². The van der Waals surface area contributed by atoms with Crippen LogP contribution < -0.4 is 5.73 Å². The van der Waals surface area contributed by atoms with Crippen LogP contribution in [0.25, 0.3) is 11.3 Å². The van der Waals surface area contributed by atoms with E-state index in [4.69, 9.17) is 5.73 Å². The molecule has 0 aliphatic heterocycles. The summed E-state index contributed by atoms with van der Waals surface area (Å²) in [5.74, 6) is -2.85. The van der Waals surface area contributed by atoms with Gasteiger partial charge in [-0.2, -0.15) is 0 Å². The number of phenolic OH excluding ortho intramolecular Hbond substituents is 1. The maximum absolute atomic E-state index is 13.5. The summed E-state index contributed by atoms with van der Waals surface area (Å²) in [6.45, 7) is 0. The van der Waals surface area contributed by atoms with Crippen molar-refractivity contribution in [1.82, 2.24) is 5.16 Å². The molecule has 84 valence electrons. The highest BCUT2D eigenvalue weighted by atomic mass is 79.9. The van der Waals surface area contributed by atoms with Crippen LogP contribution in [0.4, 0.5) is 14.7 Å². The average Bonchev–Trinajstić information content (AvgIpc) is 2.62. The number of anilines is 1. The van der Waals surface area contributed by atoms with Crippen molar-refractivity contribution >= 4 is 21.8 Å². The minimum atomic E-state index is -1.21. The van der Waals surface area contributed by atoms with E-state index in [-0.39, 0.29) is 16.1 Å². The van der Waals surface area contributed by atoms with Gasteiger partial charge in [-0.3, -0.25) is 0 Å². The van der Waals surface area contributed by atoms with Gasteiger partial charge in [0.05, 0.1) is 10.0 Å². The maximum atomic E-state index is 13.5. The molecule has 0 radical (unpaired) electrons. The number of nitrogens with two attached hydrogens (primary N) is 1. The van der Waals surface area contributed by atoms with Crippen LogP contribution >= 0.6 is 15.9 Å². The fourth-order valence-corrected chi connectivity index (χ4v) is 1.63. The third-order valence-corrected chi connectivity index (χ3v) is 2.53. The first kappa shape index (κ1) is 10.9. The highest BCUT2D eigenvalue weighted by Crippen LogP contribution is 2.38. The monoisotopic (exact) mass is 290 g/mol. The second kappa shape index (κ2) is 3.75. The van der Waals surface area contributed by atoms with Crippen LogP contribution in [0.3, 0.4) is 0 Å². The second-order valence-corrected chi connectivity index (χ2v) is 3.85. The molecule has 7 heteroatoms. The Balaban J connectivity index is 2.73. The minimum Gasteiger partial charge on any atom is -0.506 e. The first-order chi connectivity index (χ1) is 7.50. The fraction of sp³-hybridized carbons (Fsp3) is 0. The first-order valence-electron chi connectivity index (χ1n) is 4.09. The van der Waals surface area contributed by atoms with Crippen LogP contribution in [0, 0.1) is 11.6 Å². The Morgan fingerprint density at radius 1 is 1.38 bits per heavy atom. The Morgan fingerprint density at radius 3 is 2.62 bits per heavy atom. The molecule has 0 aliphatic carbocycles. The highest BCUT2D eigenvalue weighted by molar-refractivity contribution is 9.10. The Labute approximate surface area is 96.8 Å². The van der Waals surface area contributed by atoms with Gasteiger partial charge in [0.2, 0.25) is 5.88 Å². The number of phenols is 1. The molecule has 0 aliphatic rings. The van der Waals surface area contributed by atoms with Crippen LogP contribution in [0.5, 0.6) is 5.75 Å². The molecule has 2 aromatic rings. The zero-order valence-electron chi connectivity index (χ0n) is 7.67. The molecular weight excluding hydrogens is 286 g/mol. The molecule has 0 bridgehead atoms. The van der Waals surface area contributed by atoms with E-state index in [1.54, 1.807) is 0 Å². The number of rotatable bonds is 1. The molecule has 0 saturated heterocycles. The molecule has 4 nitrogen and oxygen atoms in total. The third kappa shape index (κ3) is 1.63. The Morgan fingerprint density at radius 2 is 2.06 bits per heavy atom. The van der Waals surface area contributed by atoms with Crippen molar-refractivity contribution in [3.63, 3.8) is 0 Å². The SMILES string of the molecule is Nc1cc(-c2c(O)c(Br)cc(F)c2F)no1. The van der Waals surface area contributed by atoms with Gasteiger partial charge in [-0.05, 0) is 22.0 Å². The molecule has 16 heavy (non-hydrogen) atoms. The molecule has 2 rings (SSSR count). The van der Waals surface area contributed by atoms with E-state index in [0.29, 0.717) is 0 Å². The van der Waals surface area contributed by atoms with Gasteiger partial charge in [0, 0.05) is 6.07 Å². The molecule has 0 atom stereocenters. The largest absolute Gasteiger partial charge is 0.506 e. The molecule has 1 aromatic heterocycles. The van der Waals surface area contributed by atoms with Crippen molar-refractivity contribution in [3.8, 4) is 17.0 Å². The Bertz CT molecular complexity index is 530. The summed E-state index contributed by atoms with van der Waals surface area (Å²) in [5.41, 5.74) is 4.78. The zero-order chi connectivity index (χ0) is 11.9. The van der Waals surface area contributed by atoms with Gasteiger partial charge >= 0.3 is 0 Å². The highest BCUT2D eigenvalue weighted by Gasteiger charge is 2.21. The summed E-state index contributed by atoms with van der Waals surface area (Å²) < 4.78 is 31.1. The lowest BCUT2D eigenvalue weighted by Crippen LogP contribution is -1.92. The smallest absolute Gasteiger partial charge is 0.222 e. The first-order valence-corrected chi connectivity index (χ1v) is 4.89. The molecule has 0 fully saturated rings. The van der Waals surface area contributed by atoms with Gasteiger partial charge in [-0.25, -0.2) is 8.78 Å². The van der Waals surface area contributed by atoms with Gasteiger partial charge in [-0.1, -0.05) is 5.16 Å². The summed E-state index contributed by atoms with van der Waals surface area (Å²) in [6.07, 6.45) is 0. The van der Waals surface area contributed by atoms with Crippen molar-refractivity contribution < 1.29 is 18.4 Å². The maximum Gasteiger partial charge on any atom is 0.222 e. The second-order valence-electron chi connectivity index (χ2n) is 2.99. The quantitative estimate of drug-likeness (QED) is 0.792. The van der Waals surface area contributed by atoms with Crippen LogP contribution in [0.2, 0.25) is 0 Å². The number of hydrogen-bond acceptors (Lipinski definition) is 4. The van der Waals surface area contributed by atoms with E-state index in [1.807, 2.05) is 0 Å².